The number of aryl methyl sites for hydroxylation is 1. The lowest BCUT2D eigenvalue weighted by Gasteiger charge is -2.25. The molecule has 162 valence electrons. The molecule has 1 fully saturated rings. The molecule has 0 radical (unpaired) electrons. The van der Waals surface area contributed by atoms with Crippen molar-refractivity contribution in [2.45, 2.75) is 58.3 Å². The van der Waals surface area contributed by atoms with Gasteiger partial charge in [-0.05, 0) is 67.5 Å². The molecule has 30 heavy (non-hydrogen) atoms. The molecule has 0 bridgehead atoms. The van der Waals surface area contributed by atoms with E-state index in [9.17, 15) is 22.0 Å². The summed E-state index contributed by atoms with van der Waals surface area (Å²) in [4.78, 5) is 0. The summed E-state index contributed by atoms with van der Waals surface area (Å²) in [5, 5.41) is -0.496. The topological polar surface area (TPSA) is 0 Å². The molecule has 0 N–H and O–H groups in total. The Bertz CT molecular complexity index is 952. The van der Waals surface area contributed by atoms with E-state index in [1.165, 1.54) is 12.1 Å². The van der Waals surface area contributed by atoms with Crippen molar-refractivity contribution in [3.63, 3.8) is 0 Å². The van der Waals surface area contributed by atoms with Gasteiger partial charge in [-0.15, -0.1) is 6.58 Å². The molecule has 0 aliphatic heterocycles. The third-order valence-corrected chi connectivity index (χ3v) is 6.16. The summed E-state index contributed by atoms with van der Waals surface area (Å²) in [7, 11) is 0. The summed E-state index contributed by atoms with van der Waals surface area (Å²) in [5.41, 5.74) is -0.496. The van der Waals surface area contributed by atoms with E-state index in [4.69, 9.17) is 0 Å². The lowest BCUT2D eigenvalue weighted by Crippen LogP contribution is -2.14. The van der Waals surface area contributed by atoms with Gasteiger partial charge in [-0.3, -0.25) is 0 Å². The van der Waals surface area contributed by atoms with Crippen LogP contribution in [0.3, 0.4) is 0 Å². The molecule has 3 rings (SSSR count). The van der Waals surface area contributed by atoms with Gasteiger partial charge in [0.25, 0.3) is 0 Å². The van der Waals surface area contributed by atoms with E-state index >= 15 is 0 Å². The molecule has 1 saturated carbocycles. The van der Waals surface area contributed by atoms with Gasteiger partial charge in [0.05, 0.1) is 5.39 Å². The molecule has 0 heterocycles. The summed E-state index contributed by atoms with van der Waals surface area (Å²) >= 11 is 0. The first-order chi connectivity index (χ1) is 14.4. The predicted molar refractivity (Wildman–Crippen MR) is 112 cm³/mol. The van der Waals surface area contributed by atoms with Crippen LogP contribution < -0.4 is 0 Å². The van der Waals surface area contributed by atoms with Crippen LogP contribution in [0.5, 0.6) is 0 Å². The summed E-state index contributed by atoms with van der Waals surface area (Å²) in [6, 6.07) is 3.82. The minimum Gasteiger partial charge on any atom is -0.208 e. The monoisotopic (exact) mass is 422 g/mol. The van der Waals surface area contributed by atoms with Gasteiger partial charge < -0.3 is 0 Å². The number of allylic oxidation sites excluding steroid dienone is 2. The fourth-order valence-electron chi connectivity index (χ4n) is 4.27. The highest BCUT2D eigenvalue weighted by atomic mass is 19.2. The molecule has 1 aliphatic carbocycles. The van der Waals surface area contributed by atoms with Crippen LogP contribution in [0.25, 0.3) is 16.6 Å². The first-order valence-corrected chi connectivity index (χ1v) is 10.7. The molecule has 0 amide bonds. The zero-order valence-corrected chi connectivity index (χ0v) is 17.2. The fourth-order valence-corrected chi connectivity index (χ4v) is 4.27. The average Bonchev–Trinajstić information content (AvgIpc) is 2.76. The number of fused-ring (bicyclic) bond motifs is 1. The van der Waals surface area contributed by atoms with Gasteiger partial charge in [0, 0.05) is 11.5 Å². The molecule has 0 nitrogen and oxygen atoms in total. The summed E-state index contributed by atoms with van der Waals surface area (Å²) in [6.45, 7) is 5.72. The first kappa shape index (κ1) is 22.5. The third-order valence-electron chi connectivity index (χ3n) is 6.16. The normalized spacial score (nSPS) is 20.3. The second kappa shape index (κ2) is 9.76. The fraction of sp³-hybridized carbons (Fsp3) is 0.440. The molecule has 0 spiro atoms. The molecule has 0 aromatic heterocycles. The Balaban J connectivity index is 1.97. The minimum absolute atomic E-state index is 0.140. The first-order valence-electron chi connectivity index (χ1n) is 10.7. The zero-order valence-electron chi connectivity index (χ0n) is 17.2. The van der Waals surface area contributed by atoms with Crippen LogP contribution in [-0.2, 0) is 6.42 Å². The van der Waals surface area contributed by atoms with Crippen LogP contribution in [0.2, 0.25) is 0 Å². The van der Waals surface area contributed by atoms with E-state index < -0.39 is 46.0 Å². The molecule has 5 heteroatoms. The number of hydrogen-bond acceptors (Lipinski definition) is 0. The van der Waals surface area contributed by atoms with Crippen molar-refractivity contribution in [2.24, 2.45) is 11.8 Å². The third kappa shape index (κ3) is 4.45. The second-order valence-corrected chi connectivity index (χ2v) is 8.16. The quantitative estimate of drug-likeness (QED) is 0.238. The highest BCUT2D eigenvalue weighted by Crippen LogP contribution is 2.39. The predicted octanol–water partition coefficient (Wildman–Crippen LogP) is 8.59. The maximum atomic E-state index is 15.0. The van der Waals surface area contributed by atoms with Crippen LogP contribution >= 0.6 is 0 Å². The van der Waals surface area contributed by atoms with Gasteiger partial charge >= 0.3 is 0 Å². The Morgan fingerprint density at radius 3 is 2.33 bits per heavy atom. The maximum absolute atomic E-state index is 15.0. The number of hydrogen-bond donors (Lipinski definition) is 0. The van der Waals surface area contributed by atoms with Gasteiger partial charge in [-0.25, -0.2) is 22.0 Å². The van der Waals surface area contributed by atoms with Crippen molar-refractivity contribution < 1.29 is 22.0 Å². The van der Waals surface area contributed by atoms with Crippen LogP contribution in [0.1, 0.15) is 63.0 Å². The maximum Gasteiger partial charge on any atom is 0.169 e. The number of halogens is 5. The lowest BCUT2D eigenvalue weighted by atomic mass is 9.81. The largest absolute Gasteiger partial charge is 0.208 e. The van der Waals surface area contributed by atoms with Gasteiger partial charge in [-0.1, -0.05) is 31.9 Å². The minimum atomic E-state index is -1.35. The number of unbranched alkanes of at least 4 members (excludes halogenated alkanes) is 2. The SMILES string of the molecule is C=CC1CCC(C(F)=C(F)c2ccc3cc(CCCCC)c(F)c(F)c3c2F)CC1. The molecule has 0 saturated heterocycles. The Hall–Kier alpha value is -2.17. The summed E-state index contributed by atoms with van der Waals surface area (Å²) in [5.74, 6) is -6.45. The smallest absolute Gasteiger partial charge is 0.169 e. The number of rotatable bonds is 7. The highest BCUT2D eigenvalue weighted by molar-refractivity contribution is 5.88. The van der Waals surface area contributed by atoms with E-state index in [-0.39, 0.29) is 16.9 Å². The van der Waals surface area contributed by atoms with Gasteiger partial charge in [-0.2, -0.15) is 0 Å². The van der Waals surface area contributed by atoms with E-state index in [0.717, 1.165) is 18.9 Å². The molecular weight excluding hydrogens is 395 g/mol. The van der Waals surface area contributed by atoms with Crippen LogP contribution in [0.4, 0.5) is 22.0 Å². The van der Waals surface area contributed by atoms with Crippen molar-refractivity contribution in [3.8, 4) is 0 Å². The van der Waals surface area contributed by atoms with Gasteiger partial charge in [0.1, 0.15) is 11.6 Å². The highest BCUT2D eigenvalue weighted by Gasteiger charge is 2.28. The molecular formula is C25H27F5. The second-order valence-electron chi connectivity index (χ2n) is 8.16. The number of benzene rings is 2. The summed E-state index contributed by atoms with van der Waals surface area (Å²) in [6.07, 6.45) is 6.90. The Morgan fingerprint density at radius 2 is 1.70 bits per heavy atom. The van der Waals surface area contributed by atoms with Crippen molar-refractivity contribution in [3.05, 3.63) is 65.3 Å². The van der Waals surface area contributed by atoms with Crippen LogP contribution in [-0.4, -0.2) is 0 Å². The zero-order chi connectivity index (χ0) is 21.8. The van der Waals surface area contributed by atoms with Crippen molar-refractivity contribution in [1.82, 2.24) is 0 Å². The molecule has 1 aliphatic rings. The van der Waals surface area contributed by atoms with Gasteiger partial charge in [0.2, 0.25) is 0 Å². The van der Waals surface area contributed by atoms with E-state index in [2.05, 4.69) is 6.58 Å². The van der Waals surface area contributed by atoms with E-state index in [1.807, 2.05) is 13.0 Å². The van der Waals surface area contributed by atoms with E-state index in [1.54, 1.807) is 0 Å². The molecule has 0 atom stereocenters. The average molecular weight is 422 g/mol. The molecule has 2 aromatic carbocycles. The van der Waals surface area contributed by atoms with Crippen molar-refractivity contribution in [2.75, 3.05) is 0 Å². The van der Waals surface area contributed by atoms with Crippen molar-refractivity contribution in [1.29, 1.82) is 0 Å². The van der Waals surface area contributed by atoms with Crippen LogP contribution in [0.15, 0.2) is 36.7 Å². The Kier molecular flexibility index (Phi) is 7.32. The Labute approximate surface area is 174 Å². The van der Waals surface area contributed by atoms with Crippen LogP contribution in [0, 0.1) is 29.3 Å². The Morgan fingerprint density at radius 1 is 1.00 bits per heavy atom. The lowest BCUT2D eigenvalue weighted by molar-refractivity contribution is 0.304. The van der Waals surface area contributed by atoms with Crippen molar-refractivity contribution >= 4 is 16.6 Å². The molecule has 2 aromatic rings. The summed E-state index contributed by atoms with van der Waals surface area (Å²) < 4.78 is 73.7. The standard InChI is InChI=1S/C25H27F5/c1-3-5-6-7-18-14-17-12-13-19(23(28)20(17)25(30)22(18)27)24(29)21(26)16-10-8-15(4-2)9-11-16/h4,12-16H,2-3,5-11H2,1H3. The van der Waals surface area contributed by atoms with Gasteiger partial charge in [0.15, 0.2) is 17.5 Å². The van der Waals surface area contributed by atoms with E-state index in [0.29, 0.717) is 38.5 Å². The molecule has 0 unspecified atom stereocenters.